The lowest BCUT2D eigenvalue weighted by molar-refractivity contribution is 0.0993. The minimum atomic E-state index is -0.161. The summed E-state index contributed by atoms with van der Waals surface area (Å²) in [5.41, 5.74) is 2.80. The van der Waals surface area contributed by atoms with E-state index in [4.69, 9.17) is 16.3 Å². The number of hydrogen-bond acceptors (Lipinski definition) is 4. The lowest BCUT2D eigenvalue weighted by atomic mass is 10.1. The molecule has 4 rings (SSSR count). The normalized spacial score (nSPS) is 14.2. The minimum Gasteiger partial charge on any atom is -0.378 e. The number of para-hydroxylation sites is 1. The molecule has 0 unspecified atom stereocenters. The number of morpholine rings is 1. The minimum absolute atomic E-state index is 0.0775. The number of pyridine rings is 1. The summed E-state index contributed by atoms with van der Waals surface area (Å²) in [7, 11) is 1.73. The number of nitrogens with zero attached hydrogens (tertiary/aromatic N) is 3. The number of aryl methyl sites for hydroxylation is 1. The van der Waals surface area contributed by atoms with Gasteiger partial charge in [-0.25, -0.2) is 0 Å². The zero-order valence-electron chi connectivity index (χ0n) is 17.1. The first-order chi connectivity index (χ1) is 14.5. The molecule has 0 aliphatic carbocycles. The van der Waals surface area contributed by atoms with E-state index in [-0.39, 0.29) is 11.5 Å². The van der Waals surface area contributed by atoms with Gasteiger partial charge in [-0.1, -0.05) is 23.7 Å². The van der Waals surface area contributed by atoms with Crippen molar-refractivity contribution < 1.29 is 9.53 Å². The average molecular weight is 426 g/mol. The fourth-order valence-corrected chi connectivity index (χ4v) is 4.08. The van der Waals surface area contributed by atoms with Crippen LogP contribution in [0.25, 0.3) is 10.9 Å². The first-order valence-corrected chi connectivity index (χ1v) is 10.4. The Balaban J connectivity index is 1.87. The molecule has 1 saturated heterocycles. The maximum Gasteiger partial charge on any atom is 0.258 e. The van der Waals surface area contributed by atoms with Gasteiger partial charge < -0.3 is 19.1 Å². The molecule has 1 aliphatic heterocycles. The lowest BCUT2D eigenvalue weighted by Gasteiger charge is -2.31. The van der Waals surface area contributed by atoms with Gasteiger partial charge in [-0.15, -0.1) is 0 Å². The van der Waals surface area contributed by atoms with Crippen LogP contribution in [0.4, 0.5) is 11.4 Å². The van der Waals surface area contributed by atoms with E-state index in [1.165, 1.54) is 0 Å². The van der Waals surface area contributed by atoms with Gasteiger partial charge in [0.05, 0.1) is 30.1 Å². The molecule has 0 radical (unpaired) electrons. The van der Waals surface area contributed by atoms with Crippen LogP contribution < -0.4 is 15.4 Å². The predicted octanol–water partition coefficient (Wildman–Crippen LogP) is 3.79. The predicted molar refractivity (Wildman–Crippen MR) is 121 cm³/mol. The number of hydrogen-bond donors (Lipinski definition) is 0. The molecule has 1 aliphatic rings. The van der Waals surface area contributed by atoms with Crippen molar-refractivity contribution in [2.45, 2.75) is 13.5 Å². The van der Waals surface area contributed by atoms with Crippen molar-refractivity contribution in [3.63, 3.8) is 0 Å². The third kappa shape index (κ3) is 3.68. The van der Waals surface area contributed by atoms with E-state index >= 15 is 0 Å². The molecule has 1 amide bonds. The Morgan fingerprint density at radius 3 is 2.50 bits per heavy atom. The van der Waals surface area contributed by atoms with Crippen molar-refractivity contribution in [1.29, 1.82) is 0 Å². The van der Waals surface area contributed by atoms with Gasteiger partial charge in [0.15, 0.2) is 0 Å². The van der Waals surface area contributed by atoms with E-state index in [1.54, 1.807) is 46.8 Å². The van der Waals surface area contributed by atoms with E-state index in [0.29, 0.717) is 36.0 Å². The highest BCUT2D eigenvalue weighted by molar-refractivity contribution is 6.30. The molecule has 0 saturated carbocycles. The summed E-state index contributed by atoms with van der Waals surface area (Å²) in [6, 6.07) is 14.3. The largest absolute Gasteiger partial charge is 0.378 e. The fourth-order valence-electron chi connectivity index (χ4n) is 3.95. The maximum atomic E-state index is 13.1. The molecule has 30 heavy (non-hydrogen) atoms. The summed E-state index contributed by atoms with van der Waals surface area (Å²) in [6.45, 7) is 5.18. The smallest absolute Gasteiger partial charge is 0.258 e. The summed E-state index contributed by atoms with van der Waals surface area (Å²) in [5.74, 6) is -0.161. The summed E-state index contributed by atoms with van der Waals surface area (Å²) >= 11 is 5.96. The Labute approximate surface area is 180 Å². The lowest BCUT2D eigenvalue weighted by Crippen LogP contribution is -2.37. The summed E-state index contributed by atoms with van der Waals surface area (Å²) in [5, 5.41) is 1.53. The molecule has 0 bridgehead atoms. The van der Waals surface area contributed by atoms with E-state index in [9.17, 15) is 9.59 Å². The van der Waals surface area contributed by atoms with Crippen LogP contribution in [0.15, 0.2) is 53.3 Å². The second-order valence-electron chi connectivity index (χ2n) is 7.26. The zero-order valence-corrected chi connectivity index (χ0v) is 17.9. The molecule has 3 aromatic rings. The quantitative estimate of drug-likeness (QED) is 0.638. The van der Waals surface area contributed by atoms with Crippen LogP contribution in [-0.2, 0) is 11.3 Å². The first kappa shape index (κ1) is 20.4. The van der Waals surface area contributed by atoms with Gasteiger partial charge in [0.2, 0.25) is 0 Å². The van der Waals surface area contributed by atoms with Crippen molar-refractivity contribution >= 4 is 39.8 Å². The number of rotatable bonds is 4. The molecule has 156 valence electrons. The van der Waals surface area contributed by atoms with Gasteiger partial charge in [-0.05, 0) is 37.3 Å². The van der Waals surface area contributed by atoms with Crippen molar-refractivity contribution in [2.75, 3.05) is 43.2 Å². The highest BCUT2D eigenvalue weighted by atomic mass is 35.5. The van der Waals surface area contributed by atoms with Gasteiger partial charge >= 0.3 is 0 Å². The molecule has 2 aromatic carbocycles. The molecule has 1 fully saturated rings. The van der Waals surface area contributed by atoms with Crippen molar-refractivity contribution in [1.82, 2.24) is 4.57 Å². The number of benzene rings is 2. The standard InChI is InChI=1S/C23H24ClN3O3/c1-3-27-21(28)15-20(26-11-13-30-14-12-26)18-5-4-6-19(22(18)27)25(2)23(29)16-7-9-17(24)10-8-16/h4-10,15H,3,11-14H2,1-2H3. The second kappa shape index (κ2) is 8.50. The van der Waals surface area contributed by atoms with Crippen LogP contribution >= 0.6 is 11.6 Å². The molecule has 0 spiro atoms. The topological polar surface area (TPSA) is 54.8 Å². The van der Waals surface area contributed by atoms with E-state index < -0.39 is 0 Å². The molecule has 1 aromatic heterocycles. The van der Waals surface area contributed by atoms with Crippen molar-refractivity contribution in [2.24, 2.45) is 0 Å². The third-order valence-corrected chi connectivity index (χ3v) is 5.76. The SMILES string of the molecule is CCn1c(=O)cc(N2CCOCC2)c2cccc(N(C)C(=O)c3ccc(Cl)cc3)c21. The van der Waals surface area contributed by atoms with Gasteiger partial charge in [0, 0.05) is 48.7 Å². The molecular formula is C23H24ClN3O3. The Kier molecular flexibility index (Phi) is 5.79. The van der Waals surface area contributed by atoms with Gasteiger partial charge in [-0.2, -0.15) is 0 Å². The zero-order chi connectivity index (χ0) is 21.3. The van der Waals surface area contributed by atoms with Crippen LogP contribution in [0.5, 0.6) is 0 Å². The van der Waals surface area contributed by atoms with Crippen LogP contribution in [0.3, 0.4) is 0 Å². The molecule has 6 nitrogen and oxygen atoms in total. The van der Waals surface area contributed by atoms with Crippen LogP contribution in [0.2, 0.25) is 5.02 Å². The van der Waals surface area contributed by atoms with Gasteiger partial charge in [0.1, 0.15) is 0 Å². The maximum absolute atomic E-state index is 13.1. The Morgan fingerprint density at radius 2 is 1.83 bits per heavy atom. The summed E-state index contributed by atoms with van der Waals surface area (Å²) in [4.78, 5) is 29.9. The van der Waals surface area contributed by atoms with Crippen molar-refractivity contribution in [3.05, 3.63) is 69.5 Å². The number of carbonyl (C=O) groups is 1. The van der Waals surface area contributed by atoms with E-state index in [0.717, 1.165) is 29.7 Å². The highest BCUT2D eigenvalue weighted by Crippen LogP contribution is 2.33. The number of ether oxygens (including phenoxy) is 1. The summed E-state index contributed by atoms with van der Waals surface area (Å²) in [6.07, 6.45) is 0. The number of fused-ring (bicyclic) bond motifs is 1. The van der Waals surface area contributed by atoms with Gasteiger partial charge in [-0.3, -0.25) is 9.59 Å². The van der Waals surface area contributed by atoms with Gasteiger partial charge in [0.25, 0.3) is 11.5 Å². The van der Waals surface area contributed by atoms with Crippen LogP contribution in [0.1, 0.15) is 17.3 Å². The van der Waals surface area contributed by atoms with E-state index in [1.807, 2.05) is 25.1 Å². The first-order valence-electron chi connectivity index (χ1n) is 10.0. The average Bonchev–Trinajstić information content (AvgIpc) is 2.78. The molecule has 0 atom stereocenters. The molecule has 0 N–H and O–H groups in total. The Bertz CT molecular complexity index is 1130. The number of anilines is 2. The monoisotopic (exact) mass is 425 g/mol. The Morgan fingerprint density at radius 1 is 1.13 bits per heavy atom. The second-order valence-corrected chi connectivity index (χ2v) is 7.69. The number of halogens is 1. The highest BCUT2D eigenvalue weighted by Gasteiger charge is 2.22. The summed E-state index contributed by atoms with van der Waals surface area (Å²) < 4.78 is 7.19. The molecular weight excluding hydrogens is 402 g/mol. The number of amides is 1. The fraction of sp³-hybridized carbons (Fsp3) is 0.304. The van der Waals surface area contributed by atoms with Crippen molar-refractivity contribution in [3.8, 4) is 0 Å². The van der Waals surface area contributed by atoms with Crippen LogP contribution in [-0.4, -0.2) is 43.8 Å². The number of carbonyl (C=O) groups excluding carboxylic acids is 1. The van der Waals surface area contributed by atoms with Crippen LogP contribution in [0, 0.1) is 0 Å². The van der Waals surface area contributed by atoms with E-state index in [2.05, 4.69) is 4.90 Å². The molecule has 7 heteroatoms. The Hall–Kier alpha value is -2.83. The third-order valence-electron chi connectivity index (χ3n) is 5.51. The molecule has 2 heterocycles. The number of aromatic nitrogens is 1.